The molecule has 0 aromatic heterocycles. The SMILES string of the molecule is CCN(C)C(=O)NC(C(=O)O)C1CCCCC1. The Hall–Kier alpha value is -1.26. The van der Waals surface area contributed by atoms with Crippen LogP contribution in [-0.4, -0.2) is 41.6 Å². The number of carboxylic acid groups (broad SMARTS) is 1. The molecule has 0 aromatic rings. The number of urea groups is 1. The Balaban J connectivity index is 2.59. The van der Waals surface area contributed by atoms with Gasteiger partial charge in [-0.05, 0) is 25.7 Å². The Labute approximate surface area is 102 Å². The smallest absolute Gasteiger partial charge is 0.326 e. The van der Waals surface area contributed by atoms with Gasteiger partial charge in [0.15, 0.2) is 0 Å². The minimum absolute atomic E-state index is 0.0791. The van der Waals surface area contributed by atoms with Gasteiger partial charge in [-0.25, -0.2) is 9.59 Å². The van der Waals surface area contributed by atoms with Crippen LogP contribution in [0.15, 0.2) is 0 Å². The van der Waals surface area contributed by atoms with Gasteiger partial charge in [-0.15, -0.1) is 0 Å². The van der Waals surface area contributed by atoms with Crippen molar-refractivity contribution >= 4 is 12.0 Å². The maximum Gasteiger partial charge on any atom is 0.326 e. The van der Waals surface area contributed by atoms with Gasteiger partial charge < -0.3 is 15.3 Å². The van der Waals surface area contributed by atoms with Gasteiger partial charge in [0.25, 0.3) is 0 Å². The molecular weight excluding hydrogens is 220 g/mol. The van der Waals surface area contributed by atoms with E-state index in [1.807, 2.05) is 6.92 Å². The van der Waals surface area contributed by atoms with Crippen molar-refractivity contribution in [2.24, 2.45) is 5.92 Å². The molecule has 0 radical (unpaired) electrons. The van der Waals surface area contributed by atoms with Crippen LogP contribution in [-0.2, 0) is 4.79 Å². The normalized spacial score (nSPS) is 18.5. The number of carbonyl (C=O) groups is 2. The van der Waals surface area contributed by atoms with Gasteiger partial charge in [0.1, 0.15) is 6.04 Å². The van der Waals surface area contributed by atoms with Crippen molar-refractivity contribution in [1.29, 1.82) is 0 Å². The lowest BCUT2D eigenvalue weighted by Gasteiger charge is -2.29. The Morgan fingerprint density at radius 3 is 2.41 bits per heavy atom. The Morgan fingerprint density at radius 2 is 1.94 bits per heavy atom. The van der Waals surface area contributed by atoms with E-state index in [1.165, 1.54) is 11.3 Å². The monoisotopic (exact) mass is 242 g/mol. The molecule has 0 aromatic carbocycles. The van der Waals surface area contributed by atoms with E-state index in [0.29, 0.717) is 6.54 Å². The largest absolute Gasteiger partial charge is 0.480 e. The van der Waals surface area contributed by atoms with Crippen molar-refractivity contribution in [1.82, 2.24) is 10.2 Å². The van der Waals surface area contributed by atoms with Gasteiger partial charge in [0, 0.05) is 13.6 Å². The molecule has 0 aliphatic heterocycles. The second-order valence-electron chi connectivity index (χ2n) is 4.68. The third-order valence-corrected chi connectivity index (χ3v) is 3.49. The first-order chi connectivity index (χ1) is 8.06. The van der Waals surface area contributed by atoms with Gasteiger partial charge in [0.05, 0.1) is 0 Å². The van der Waals surface area contributed by atoms with Gasteiger partial charge in [-0.1, -0.05) is 19.3 Å². The van der Waals surface area contributed by atoms with Crippen LogP contribution < -0.4 is 5.32 Å². The molecule has 5 heteroatoms. The van der Waals surface area contributed by atoms with Crippen LogP contribution in [0.25, 0.3) is 0 Å². The first kappa shape index (κ1) is 13.8. The van der Waals surface area contributed by atoms with E-state index in [0.717, 1.165) is 25.7 Å². The summed E-state index contributed by atoms with van der Waals surface area (Å²) in [6, 6.07) is -1.04. The molecule has 1 atom stereocenters. The van der Waals surface area contributed by atoms with E-state index < -0.39 is 12.0 Å². The lowest BCUT2D eigenvalue weighted by Crippen LogP contribution is -2.50. The highest BCUT2D eigenvalue weighted by Gasteiger charge is 2.31. The van der Waals surface area contributed by atoms with E-state index in [2.05, 4.69) is 5.32 Å². The average molecular weight is 242 g/mol. The summed E-state index contributed by atoms with van der Waals surface area (Å²) in [6.07, 6.45) is 5.09. The molecule has 0 spiro atoms. The molecule has 17 heavy (non-hydrogen) atoms. The highest BCUT2D eigenvalue weighted by molar-refractivity contribution is 5.82. The van der Waals surface area contributed by atoms with E-state index in [1.54, 1.807) is 7.05 Å². The summed E-state index contributed by atoms with van der Waals surface area (Å²) in [5.74, 6) is -0.842. The lowest BCUT2D eigenvalue weighted by atomic mass is 9.84. The van der Waals surface area contributed by atoms with Crippen molar-refractivity contribution < 1.29 is 14.7 Å². The quantitative estimate of drug-likeness (QED) is 0.788. The number of nitrogens with one attached hydrogen (secondary N) is 1. The molecule has 1 fully saturated rings. The minimum Gasteiger partial charge on any atom is -0.480 e. The molecule has 0 saturated heterocycles. The number of hydrogen-bond donors (Lipinski definition) is 2. The second kappa shape index (κ2) is 6.47. The van der Waals surface area contributed by atoms with Gasteiger partial charge in [-0.2, -0.15) is 0 Å². The van der Waals surface area contributed by atoms with E-state index >= 15 is 0 Å². The Kier molecular flexibility index (Phi) is 5.25. The number of nitrogens with zero attached hydrogens (tertiary/aromatic N) is 1. The van der Waals surface area contributed by atoms with Crippen LogP contribution in [0.3, 0.4) is 0 Å². The number of rotatable bonds is 4. The number of aliphatic carboxylic acids is 1. The summed E-state index contributed by atoms with van der Waals surface area (Å²) >= 11 is 0. The first-order valence-corrected chi connectivity index (χ1v) is 6.30. The molecular formula is C12H22N2O3. The van der Waals surface area contributed by atoms with Gasteiger partial charge in [0.2, 0.25) is 0 Å². The zero-order chi connectivity index (χ0) is 12.8. The molecule has 0 bridgehead atoms. The van der Waals surface area contributed by atoms with Crippen LogP contribution >= 0.6 is 0 Å². The van der Waals surface area contributed by atoms with Crippen LogP contribution in [0.5, 0.6) is 0 Å². The molecule has 2 amide bonds. The van der Waals surface area contributed by atoms with Gasteiger partial charge >= 0.3 is 12.0 Å². The fourth-order valence-corrected chi connectivity index (χ4v) is 2.24. The summed E-state index contributed by atoms with van der Waals surface area (Å²) in [6.45, 7) is 2.43. The Bertz CT molecular complexity index is 275. The van der Waals surface area contributed by atoms with E-state index in [-0.39, 0.29) is 11.9 Å². The summed E-state index contributed by atoms with van der Waals surface area (Å²) in [7, 11) is 1.66. The highest BCUT2D eigenvalue weighted by Crippen LogP contribution is 2.26. The van der Waals surface area contributed by atoms with Crippen molar-refractivity contribution in [2.75, 3.05) is 13.6 Å². The van der Waals surface area contributed by atoms with Crippen LogP contribution in [0.4, 0.5) is 4.79 Å². The molecule has 0 heterocycles. The predicted octanol–water partition coefficient (Wildman–Crippen LogP) is 1.68. The molecule has 1 saturated carbocycles. The molecule has 1 unspecified atom stereocenters. The zero-order valence-electron chi connectivity index (χ0n) is 10.6. The Morgan fingerprint density at radius 1 is 1.35 bits per heavy atom. The van der Waals surface area contributed by atoms with Crippen molar-refractivity contribution in [3.05, 3.63) is 0 Å². The van der Waals surface area contributed by atoms with E-state index in [9.17, 15) is 14.7 Å². The zero-order valence-corrected chi connectivity index (χ0v) is 10.6. The fourth-order valence-electron chi connectivity index (χ4n) is 2.24. The van der Waals surface area contributed by atoms with Crippen LogP contribution in [0.2, 0.25) is 0 Å². The molecule has 1 rings (SSSR count). The highest BCUT2D eigenvalue weighted by atomic mass is 16.4. The third kappa shape index (κ3) is 3.91. The fraction of sp³-hybridized carbons (Fsp3) is 0.833. The maximum atomic E-state index is 11.7. The average Bonchev–Trinajstić information content (AvgIpc) is 2.35. The summed E-state index contributed by atoms with van der Waals surface area (Å²) in [5.41, 5.74) is 0. The third-order valence-electron chi connectivity index (χ3n) is 3.49. The lowest BCUT2D eigenvalue weighted by molar-refractivity contribution is -0.141. The summed E-state index contributed by atoms with van der Waals surface area (Å²) in [4.78, 5) is 24.4. The number of carboxylic acids is 1. The summed E-state index contributed by atoms with van der Waals surface area (Å²) in [5, 5.41) is 11.8. The number of amides is 2. The van der Waals surface area contributed by atoms with E-state index in [4.69, 9.17) is 0 Å². The van der Waals surface area contributed by atoms with Crippen LogP contribution in [0, 0.1) is 5.92 Å². The van der Waals surface area contributed by atoms with Gasteiger partial charge in [-0.3, -0.25) is 0 Å². The minimum atomic E-state index is -0.922. The van der Waals surface area contributed by atoms with Crippen molar-refractivity contribution in [3.8, 4) is 0 Å². The number of hydrogen-bond acceptors (Lipinski definition) is 2. The molecule has 98 valence electrons. The first-order valence-electron chi connectivity index (χ1n) is 6.30. The maximum absolute atomic E-state index is 11.7. The predicted molar refractivity (Wildman–Crippen MR) is 64.8 cm³/mol. The second-order valence-corrected chi connectivity index (χ2v) is 4.68. The standard InChI is InChI=1S/C12H22N2O3/c1-3-14(2)12(17)13-10(11(15)16)9-7-5-4-6-8-9/h9-10H,3-8H2,1-2H3,(H,13,17)(H,15,16). The summed E-state index contributed by atoms with van der Waals surface area (Å²) < 4.78 is 0. The van der Waals surface area contributed by atoms with Crippen molar-refractivity contribution in [2.45, 2.75) is 45.1 Å². The van der Waals surface area contributed by atoms with Crippen LogP contribution in [0.1, 0.15) is 39.0 Å². The molecule has 2 N–H and O–H groups in total. The molecule has 1 aliphatic rings. The topological polar surface area (TPSA) is 69.6 Å². The number of carbonyl (C=O) groups excluding carboxylic acids is 1. The molecule has 1 aliphatic carbocycles. The van der Waals surface area contributed by atoms with Crippen molar-refractivity contribution in [3.63, 3.8) is 0 Å². The molecule has 5 nitrogen and oxygen atoms in total.